The third-order valence-corrected chi connectivity index (χ3v) is 2.56. The van der Waals surface area contributed by atoms with Gasteiger partial charge >= 0.3 is 0 Å². The van der Waals surface area contributed by atoms with Gasteiger partial charge in [0.2, 0.25) is 35.4 Å². The molecule has 0 fully saturated rings. The van der Waals surface area contributed by atoms with Crippen LogP contribution in [0.4, 0.5) is 0 Å². The van der Waals surface area contributed by atoms with Crippen LogP contribution in [0, 0.1) is 0 Å². The first-order valence-electron chi connectivity index (χ1n) is 7.26. The van der Waals surface area contributed by atoms with Crippen molar-refractivity contribution in [1.82, 2.24) is 31.9 Å². The molecule has 0 aliphatic heterocycles. The molecule has 0 bridgehead atoms. The minimum Gasteiger partial charge on any atom is -0.358 e. The van der Waals surface area contributed by atoms with Crippen LogP contribution < -0.4 is 31.9 Å². The number of hydrogen-bond donors (Lipinski definition) is 6. The van der Waals surface area contributed by atoms with E-state index in [9.17, 15) is 28.8 Å². The van der Waals surface area contributed by atoms with E-state index in [4.69, 9.17) is 0 Å². The van der Waals surface area contributed by atoms with E-state index < -0.39 is 23.6 Å². The van der Waals surface area contributed by atoms with E-state index in [1.165, 1.54) is 14.0 Å². The minimum atomic E-state index is -0.618. The first-order valence-corrected chi connectivity index (χ1v) is 7.26. The summed E-state index contributed by atoms with van der Waals surface area (Å²) in [6.07, 6.45) is 0. The SMILES string of the molecule is CNC(=O)CNC(=O)CNC(=O)CNC(=O)CNC(=O)CNC(C)=O.[HH].[HH].[HH].[HH].[HH].[HH]. The average Bonchev–Trinajstić information content (AvgIpc) is 2.58. The zero-order valence-corrected chi connectivity index (χ0v) is 14.0. The maximum Gasteiger partial charge on any atom is 0.239 e. The second-order valence-corrected chi connectivity index (χ2v) is 4.69. The van der Waals surface area contributed by atoms with Crippen LogP contribution in [-0.2, 0) is 28.8 Å². The van der Waals surface area contributed by atoms with Gasteiger partial charge in [-0.05, 0) is 0 Å². The lowest BCUT2D eigenvalue weighted by Crippen LogP contribution is -2.46. The predicted octanol–water partition coefficient (Wildman–Crippen LogP) is -3.19. The van der Waals surface area contributed by atoms with Crippen molar-refractivity contribution in [2.24, 2.45) is 0 Å². The summed E-state index contributed by atoms with van der Waals surface area (Å²) < 4.78 is 0. The number of carbonyl (C=O) groups excluding carboxylic acids is 6. The largest absolute Gasteiger partial charge is 0.358 e. The minimum absolute atomic E-state index is 0. The lowest BCUT2D eigenvalue weighted by Gasteiger charge is -2.08. The van der Waals surface area contributed by atoms with E-state index in [1.807, 2.05) is 0 Å². The molecule has 0 radical (unpaired) electrons. The molecule has 0 aliphatic rings. The van der Waals surface area contributed by atoms with Crippen LogP contribution in [0.15, 0.2) is 0 Å². The third-order valence-electron chi connectivity index (χ3n) is 2.56. The number of carbonyl (C=O) groups is 6. The molecule has 0 heterocycles. The Morgan fingerprint density at radius 1 is 0.560 bits per heavy atom. The highest BCUT2D eigenvalue weighted by Crippen LogP contribution is 1.72. The highest BCUT2D eigenvalue weighted by atomic mass is 16.2. The standard InChI is InChI=1S/C13H22N6O6.6H2/c1-8(20)15-4-10(22)17-6-12(24)19-7-13(25)18-5-11(23)16-3-9(21)14-2;;;;;;/h3-7H2,1-2H3,(H,14,21)(H,15,20)(H,16,23)(H,17,22)(H,18,25)(H,19,24);6*1H. The Labute approximate surface area is 152 Å². The first kappa shape index (κ1) is 21.8. The van der Waals surface area contributed by atoms with Crippen molar-refractivity contribution >= 4 is 35.4 Å². The van der Waals surface area contributed by atoms with Gasteiger partial charge in [-0.25, -0.2) is 0 Å². The van der Waals surface area contributed by atoms with E-state index in [1.54, 1.807) is 0 Å². The van der Waals surface area contributed by atoms with E-state index in [0.717, 1.165) is 0 Å². The zero-order chi connectivity index (χ0) is 19.2. The maximum absolute atomic E-state index is 11.4. The van der Waals surface area contributed by atoms with Crippen LogP contribution in [0.3, 0.4) is 0 Å². The third kappa shape index (κ3) is 13.0. The summed E-state index contributed by atoms with van der Waals surface area (Å²) >= 11 is 0. The molecule has 0 saturated carbocycles. The molecule has 6 amide bonds. The Balaban J connectivity index is -0.000000192. The molecule has 0 rings (SSSR count). The fraction of sp³-hybridized carbons (Fsp3) is 0.538. The fourth-order valence-corrected chi connectivity index (χ4v) is 1.26. The Kier molecular flexibility index (Phi) is 10.7. The summed E-state index contributed by atoms with van der Waals surface area (Å²) in [5.41, 5.74) is 0. The van der Waals surface area contributed by atoms with Gasteiger partial charge in [0.15, 0.2) is 0 Å². The molecule has 0 saturated heterocycles. The molecule has 12 nitrogen and oxygen atoms in total. The van der Waals surface area contributed by atoms with Gasteiger partial charge in [0.05, 0.1) is 32.7 Å². The van der Waals surface area contributed by atoms with Crippen molar-refractivity contribution < 1.29 is 37.3 Å². The van der Waals surface area contributed by atoms with Crippen molar-refractivity contribution in [3.63, 3.8) is 0 Å². The Morgan fingerprint density at radius 2 is 0.840 bits per heavy atom. The van der Waals surface area contributed by atoms with E-state index in [0.29, 0.717) is 0 Å². The van der Waals surface area contributed by atoms with Gasteiger partial charge in [-0.1, -0.05) is 0 Å². The molecule has 6 N–H and O–H groups in total. The van der Waals surface area contributed by atoms with Crippen LogP contribution in [0.5, 0.6) is 0 Å². The molecule has 0 aromatic heterocycles. The van der Waals surface area contributed by atoms with E-state index in [2.05, 4.69) is 31.9 Å². The fourth-order valence-electron chi connectivity index (χ4n) is 1.26. The van der Waals surface area contributed by atoms with Gasteiger partial charge in [-0.2, -0.15) is 0 Å². The molecule has 0 aromatic rings. The Hall–Kier alpha value is -3.18. The molecule has 25 heavy (non-hydrogen) atoms. The summed E-state index contributed by atoms with van der Waals surface area (Å²) in [4.78, 5) is 66.9. The Bertz CT molecular complexity index is 557. The maximum atomic E-state index is 11.4. The van der Waals surface area contributed by atoms with Gasteiger partial charge in [0, 0.05) is 22.5 Å². The molecule has 0 aromatic carbocycles. The molecule has 0 spiro atoms. The summed E-state index contributed by atoms with van der Waals surface area (Å²) in [7, 11) is 1.42. The molecule has 0 aliphatic carbocycles. The normalized spacial score (nSPS) is 9.36. The Morgan fingerprint density at radius 3 is 1.12 bits per heavy atom. The number of likely N-dealkylation sites (N-methyl/N-ethyl adjacent to an activating group) is 1. The quantitative estimate of drug-likeness (QED) is 0.236. The topological polar surface area (TPSA) is 175 Å². The lowest BCUT2D eigenvalue weighted by molar-refractivity contribution is -0.129. The van der Waals surface area contributed by atoms with Crippen LogP contribution in [0.1, 0.15) is 15.5 Å². The van der Waals surface area contributed by atoms with Crippen molar-refractivity contribution in [1.29, 1.82) is 0 Å². The lowest BCUT2D eigenvalue weighted by atomic mass is 10.4. The molecule has 12 heteroatoms. The van der Waals surface area contributed by atoms with Gasteiger partial charge in [-0.15, -0.1) is 0 Å². The van der Waals surface area contributed by atoms with Gasteiger partial charge in [0.1, 0.15) is 0 Å². The highest BCUT2D eigenvalue weighted by molar-refractivity contribution is 5.91. The van der Waals surface area contributed by atoms with Gasteiger partial charge in [-0.3, -0.25) is 28.8 Å². The van der Waals surface area contributed by atoms with Crippen LogP contribution >= 0.6 is 0 Å². The summed E-state index contributed by atoms with van der Waals surface area (Å²) in [5.74, 6) is -3.11. The van der Waals surface area contributed by atoms with Crippen molar-refractivity contribution in [3.8, 4) is 0 Å². The number of nitrogens with one attached hydrogen (secondary N) is 6. The van der Waals surface area contributed by atoms with E-state index >= 15 is 0 Å². The van der Waals surface area contributed by atoms with Gasteiger partial charge in [0.25, 0.3) is 0 Å². The molecule has 152 valence electrons. The summed E-state index contributed by atoms with van der Waals surface area (Å²) in [5, 5.41) is 13.6. The van der Waals surface area contributed by atoms with Crippen LogP contribution in [-0.4, -0.2) is 75.2 Å². The van der Waals surface area contributed by atoms with Crippen LogP contribution in [0.2, 0.25) is 0 Å². The molecular weight excluding hydrogens is 336 g/mol. The molecule has 0 atom stereocenters. The zero-order valence-electron chi connectivity index (χ0n) is 14.0. The van der Waals surface area contributed by atoms with Crippen molar-refractivity contribution in [2.75, 3.05) is 39.8 Å². The van der Waals surface area contributed by atoms with E-state index in [-0.39, 0.29) is 53.1 Å². The number of amides is 6. The number of hydrogen-bond acceptors (Lipinski definition) is 6. The average molecular weight is 370 g/mol. The predicted molar refractivity (Wildman–Crippen MR) is 97.5 cm³/mol. The van der Waals surface area contributed by atoms with Crippen molar-refractivity contribution in [3.05, 3.63) is 0 Å². The first-order chi connectivity index (χ1) is 11.7. The summed E-state index contributed by atoms with van der Waals surface area (Å²) in [6.45, 7) is -0.313. The second-order valence-electron chi connectivity index (χ2n) is 4.69. The second kappa shape index (κ2) is 12.3. The smallest absolute Gasteiger partial charge is 0.239 e. The van der Waals surface area contributed by atoms with Crippen LogP contribution in [0.25, 0.3) is 0 Å². The summed E-state index contributed by atoms with van der Waals surface area (Å²) in [6, 6.07) is 0. The molecule has 0 unspecified atom stereocenters. The van der Waals surface area contributed by atoms with Gasteiger partial charge < -0.3 is 31.9 Å². The highest BCUT2D eigenvalue weighted by Gasteiger charge is 2.09. The molecular formula is C13H34N6O6. The number of rotatable bonds is 10. The monoisotopic (exact) mass is 370 g/mol. The van der Waals surface area contributed by atoms with Crippen molar-refractivity contribution in [2.45, 2.75) is 6.92 Å².